The molecular weight excluding hydrogens is 423 g/mol. The van der Waals surface area contributed by atoms with Crippen LogP contribution in [-0.2, 0) is 23.7 Å². The van der Waals surface area contributed by atoms with Crippen LogP contribution in [0.1, 0.15) is 27.6 Å². The predicted molar refractivity (Wildman–Crippen MR) is 105 cm³/mol. The molecule has 0 N–H and O–H groups in total. The molecule has 0 heterocycles. The van der Waals surface area contributed by atoms with E-state index in [9.17, 15) is 14.4 Å². The van der Waals surface area contributed by atoms with Gasteiger partial charge in [0.05, 0.1) is 21.2 Å². The van der Waals surface area contributed by atoms with Crippen molar-refractivity contribution in [3.63, 3.8) is 0 Å². The van der Waals surface area contributed by atoms with Gasteiger partial charge in [-0.1, -0.05) is 47.5 Å². The fourth-order valence-electron chi connectivity index (χ4n) is 2.10. The van der Waals surface area contributed by atoms with Gasteiger partial charge in [0.25, 0.3) is 0 Å². The normalized spacial score (nSPS) is 10.5. The molecule has 2 rings (SSSR count). The molecule has 0 atom stereocenters. The standard InChI is InChI=1S/C20H18Cl2O7/c1-13(23)28-12-29-14(10-26-19(24)15-6-2-4-8-17(15)21)11-27-20(25)16-7-3-5-9-18(16)22/h2-9,14H,10-12H2,1H3. The molecule has 2 aromatic carbocycles. The lowest BCUT2D eigenvalue weighted by atomic mass is 10.2. The minimum absolute atomic E-state index is 0.181. The maximum Gasteiger partial charge on any atom is 0.339 e. The third-order valence-electron chi connectivity index (χ3n) is 3.55. The molecule has 0 aliphatic rings. The smallest absolute Gasteiger partial charge is 0.339 e. The highest BCUT2D eigenvalue weighted by Crippen LogP contribution is 2.17. The second kappa shape index (κ2) is 11.4. The van der Waals surface area contributed by atoms with E-state index in [4.69, 9.17) is 42.1 Å². The van der Waals surface area contributed by atoms with Crippen molar-refractivity contribution in [3.8, 4) is 0 Å². The van der Waals surface area contributed by atoms with Crippen LogP contribution in [0.2, 0.25) is 10.0 Å². The van der Waals surface area contributed by atoms with Crippen molar-refractivity contribution in [2.24, 2.45) is 0 Å². The number of ether oxygens (including phenoxy) is 4. The van der Waals surface area contributed by atoms with Crippen molar-refractivity contribution in [1.82, 2.24) is 0 Å². The summed E-state index contributed by atoms with van der Waals surface area (Å²) < 4.78 is 20.4. The van der Waals surface area contributed by atoms with E-state index in [0.29, 0.717) is 0 Å². The third kappa shape index (κ3) is 7.38. The van der Waals surface area contributed by atoms with Crippen LogP contribution in [-0.4, -0.2) is 44.0 Å². The Labute approximate surface area is 177 Å². The summed E-state index contributed by atoms with van der Waals surface area (Å²) in [6, 6.07) is 12.8. The molecule has 29 heavy (non-hydrogen) atoms. The third-order valence-corrected chi connectivity index (χ3v) is 4.21. The molecule has 0 amide bonds. The molecule has 9 heteroatoms. The van der Waals surface area contributed by atoms with Crippen molar-refractivity contribution in [1.29, 1.82) is 0 Å². The van der Waals surface area contributed by atoms with E-state index in [1.54, 1.807) is 36.4 Å². The minimum Gasteiger partial charge on any atom is -0.459 e. The Morgan fingerprint density at radius 3 is 1.66 bits per heavy atom. The van der Waals surface area contributed by atoms with Crippen LogP contribution in [0.3, 0.4) is 0 Å². The van der Waals surface area contributed by atoms with Gasteiger partial charge >= 0.3 is 17.9 Å². The highest BCUT2D eigenvalue weighted by Gasteiger charge is 2.19. The Kier molecular flexibility index (Phi) is 8.92. The summed E-state index contributed by atoms with van der Waals surface area (Å²) in [5.41, 5.74) is 0.363. The highest BCUT2D eigenvalue weighted by atomic mass is 35.5. The van der Waals surface area contributed by atoms with Crippen LogP contribution < -0.4 is 0 Å². The topological polar surface area (TPSA) is 88.1 Å². The minimum atomic E-state index is -0.882. The van der Waals surface area contributed by atoms with Crippen molar-refractivity contribution in [3.05, 3.63) is 69.7 Å². The number of esters is 3. The van der Waals surface area contributed by atoms with Gasteiger partial charge in [0.15, 0.2) is 6.79 Å². The second-order valence-corrected chi connectivity index (χ2v) is 6.51. The molecule has 0 aliphatic carbocycles. The molecule has 154 valence electrons. The van der Waals surface area contributed by atoms with E-state index in [2.05, 4.69) is 0 Å². The predicted octanol–water partition coefficient (Wildman–Crippen LogP) is 3.91. The van der Waals surface area contributed by atoms with E-state index in [-0.39, 0.29) is 34.4 Å². The van der Waals surface area contributed by atoms with Crippen molar-refractivity contribution in [2.45, 2.75) is 13.0 Å². The number of rotatable bonds is 9. The zero-order valence-electron chi connectivity index (χ0n) is 15.4. The van der Waals surface area contributed by atoms with Gasteiger partial charge < -0.3 is 18.9 Å². The first-order valence-corrected chi connectivity index (χ1v) is 9.22. The molecule has 0 saturated heterocycles. The van der Waals surface area contributed by atoms with Crippen LogP contribution >= 0.6 is 23.2 Å². The zero-order valence-corrected chi connectivity index (χ0v) is 16.9. The van der Waals surface area contributed by atoms with E-state index in [0.717, 1.165) is 0 Å². The van der Waals surface area contributed by atoms with E-state index in [1.807, 2.05) is 0 Å². The second-order valence-electron chi connectivity index (χ2n) is 5.70. The summed E-state index contributed by atoms with van der Waals surface area (Å²) in [5, 5.41) is 0.472. The average molecular weight is 441 g/mol. The van der Waals surface area contributed by atoms with Gasteiger partial charge in [0.1, 0.15) is 19.3 Å². The lowest BCUT2D eigenvalue weighted by Gasteiger charge is -2.18. The quantitative estimate of drug-likeness (QED) is 0.331. The maximum atomic E-state index is 12.2. The molecular formula is C20H18Cl2O7. The van der Waals surface area contributed by atoms with Gasteiger partial charge in [-0.15, -0.1) is 0 Å². The van der Waals surface area contributed by atoms with Crippen LogP contribution in [0.5, 0.6) is 0 Å². The molecule has 0 aliphatic heterocycles. The molecule has 0 fully saturated rings. The molecule has 7 nitrogen and oxygen atoms in total. The van der Waals surface area contributed by atoms with Crippen LogP contribution in [0, 0.1) is 0 Å². The van der Waals surface area contributed by atoms with Crippen molar-refractivity contribution >= 4 is 41.1 Å². The Morgan fingerprint density at radius 1 is 0.793 bits per heavy atom. The van der Waals surface area contributed by atoms with Gasteiger partial charge in [-0.2, -0.15) is 0 Å². The lowest BCUT2D eigenvalue weighted by molar-refractivity contribution is -0.162. The van der Waals surface area contributed by atoms with Crippen molar-refractivity contribution < 1.29 is 33.3 Å². The molecule has 0 saturated carbocycles. The lowest BCUT2D eigenvalue weighted by Crippen LogP contribution is -2.30. The molecule has 0 unspecified atom stereocenters. The molecule has 2 aromatic rings. The van der Waals surface area contributed by atoms with Gasteiger partial charge in [-0.25, -0.2) is 9.59 Å². The summed E-state index contributed by atoms with van der Waals surface area (Å²) in [4.78, 5) is 35.3. The molecule has 0 radical (unpaired) electrons. The van der Waals surface area contributed by atoms with E-state index in [1.165, 1.54) is 19.1 Å². The SMILES string of the molecule is CC(=O)OCOC(COC(=O)c1ccccc1Cl)COC(=O)c1ccccc1Cl. The molecule has 0 bridgehead atoms. The Morgan fingerprint density at radius 2 is 1.24 bits per heavy atom. The first-order valence-electron chi connectivity index (χ1n) is 8.46. The van der Waals surface area contributed by atoms with Gasteiger partial charge in [-0.3, -0.25) is 4.79 Å². The summed E-state index contributed by atoms with van der Waals surface area (Å²) in [5.74, 6) is -1.90. The molecule has 0 spiro atoms. The van der Waals surface area contributed by atoms with Gasteiger partial charge in [0, 0.05) is 6.92 Å². The highest BCUT2D eigenvalue weighted by molar-refractivity contribution is 6.33. The van der Waals surface area contributed by atoms with Crippen molar-refractivity contribution in [2.75, 3.05) is 20.0 Å². The van der Waals surface area contributed by atoms with E-state index < -0.39 is 30.8 Å². The maximum absolute atomic E-state index is 12.2. The van der Waals surface area contributed by atoms with Gasteiger partial charge in [-0.05, 0) is 24.3 Å². The first-order chi connectivity index (χ1) is 13.9. The van der Waals surface area contributed by atoms with E-state index >= 15 is 0 Å². The first kappa shape index (κ1) is 22.7. The van der Waals surface area contributed by atoms with Gasteiger partial charge in [0.2, 0.25) is 0 Å². The molecule has 0 aromatic heterocycles. The number of carbonyl (C=O) groups is 3. The summed E-state index contributed by atoms with van der Waals surface area (Å²) in [7, 11) is 0. The Hall–Kier alpha value is -2.61. The summed E-state index contributed by atoms with van der Waals surface area (Å²) in [6.07, 6.45) is -0.882. The van der Waals surface area contributed by atoms with Crippen LogP contribution in [0.15, 0.2) is 48.5 Å². The number of carbonyl (C=O) groups excluding carboxylic acids is 3. The van der Waals surface area contributed by atoms with Crippen LogP contribution in [0.25, 0.3) is 0 Å². The average Bonchev–Trinajstić information content (AvgIpc) is 2.69. The summed E-state index contributed by atoms with van der Waals surface area (Å²) >= 11 is 11.9. The number of halogens is 2. The largest absolute Gasteiger partial charge is 0.459 e. The number of hydrogen-bond donors (Lipinski definition) is 0. The Bertz CT molecular complexity index is 808. The Balaban J connectivity index is 1.96. The van der Waals surface area contributed by atoms with Crippen LogP contribution in [0.4, 0.5) is 0 Å². The fraction of sp³-hybridized carbons (Fsp3) is 0.250. The zero-order chi connectivity index (χ0) is 21.2. The monoisotopic (exact) mass is 440 g/mol. The fourth-order valence-corrected chi connectivity index (χ4v) is 2.53. The number of benzene rings is 2. The summed E-state index contributed by atoms with van der Waals surface area (Å²) in [6.45, 7) is 0.294. The number of hydrogen-bond acceptors (Lipinski definition) is 7.